The highest BCUT2D eigenvalue weighted by atomic mass is 35.5. The Labute approximate surface area is 113 Å². The molecule has 0 bridgehead atoms. The Kier molecular flexibility index (Phi) is 4.04. The molecule has 0 fully saturated rings. The van der Waals surface area contributed by atoms with Gasteiger partial charge in [0.2, 0.25) is 0 Å². The highest BCUT2D eigenvalue weighted by Gasteiger charge is 2.10. The van der Waals surface area contributed by atoms with Crippen molar-refractivity contribution in [3.8, 4) is 5.69 Å². The van der Waals surface area contributed by atoms with Crippen molar-refractivity contribution in [1.82, 2.24) is 9.55 Å². The van der Waals surface area contributed by atoms with Crippen LogP contribution in [0, 0.1) is 6.92 Å². The summed E-state index contributed by atoms with van der Waals surface area (Å²) in [5, 5.41) is 0.745. The van der Waals surface area contributed by atoms with Crippen molar-refractivity contribution < 1.29 is 0 Å². The Bertz CT molecular complexity index is 534. The Hall–Kier alpha value is -1.32. The molecule has 1 heterocycles. The number of rotatable bonds is 4. The van der Waals surface area contributed by atoms with Crippen molar-refractivity contribution in [3.63, 3.8) is 0 Å². The van der Waals surface area contributed by atoms with Crippen LogP contribution in [-0.2, 0) is 6.42 Å². The van der Waals surface area contributed by atoms with Crippen molar-refractivity contribution in [2.75, 3.05) is 0 Å². The maximum atomic E-state index is 6.08. The Morgan fingerprint density at radius 2 is 2.22 bits per heavy atom. The smallest absolute Gasteiger partial charge is 0.110 e. The summed E-state index contributed by atoms with van der Waals surface area (Å²) in [6, 6.07) is 6.07. The predicted octanol–water partition coefficient (Wildman–Crippen LogP) is 3.11. The lowest BCUT2D eigenvalue weighted by molar-refractivity contribution is 0.644. The molecule has 3 nitrogen and oxygen atoms in total. The summed E-state index contributed by atoms with van der Waals surface area (Å²) in [5.74, 6) is 0.962. The third kappa shape index (κ3) is 2.74. The SMILES string of the molecule is CCC(N)Cc1cc(Cl)ccc1-n1ccnc1C. The quantitative estimate of drug-likeness (QED) is 0.921. The predicted molar refractivity (Wildman–Crippen MR) is 75.3 cm³/mol. The molecule has 2 N–H and O–H groups in total. The number of aromatic nitrogens is 2. The molecule has 0 saturated carbocycles. The van der Waals surface area contributed by atoms with Crippen molar-refractivity contribution in [1.29, 1.82) is 0 Å². The van der Waals surface area contributed by atoms with Crippen molar-refractivity contribution in [2.45, 2.75) is 32.7 Å². The maximum absolute atomic E-state index is 6.08. The van der Waals surface area contributed by atoms with Gasteiger partial charge in [-0.1, -0.05) is 18.5 Å². The van der Waals surface area contributed by atoms with Gasteiger partial charge in [0.25, 0.3) is 0 Å². The molecule has 0 aliphatic carbocycles. The van der Waals surface area contributed by atoms with E-state index < -0.39 is 0 Å². The largest absolute Gasteiger partial charge is 0.327 e. The highest BCUT2D eigenvalue weighted by molar-refractivity contribution is 6.30. The van der Waals surface area contributed by atoms with E-state index >= 15 is 0 Å². The Balaban J connectivity index is 2.44. The third-order valence-electron chi connectivity index (χ3n) is 3.13. The zero-order chi connectivity index (χ0) is 13.1. The lowest BCUT2D eigenvalue weighted by atomic mass is 10.0. The lowest BCUT2D eigenvalue weighted by Crippen LogP contribution is -2.22. The fourth-order valence-corrected chi connectivity index (χ4v) is 2.21. The van der Waals surface area contributed by atoms with Crippen molar-refractivity contribution in [3.05, 3.63) is 47.0 Å². The minimum absolute atomic E-state index is 0.158. The average Bonchev–Trinajstić information content (AvgIpc) is 2.75. The van der Waals surface area contributed by atoms with E-state index in [-0.39, 0.29) is 6.04 Å². The molecule has 1 aromatic carbocycles. The van der Waals surface area contributed by atoms with E-state index in [0.717, 1.165) is 34.9 Å². The summed E-state index contributed by atoms with van der Waals surface area (Å²) >= 11 is 6.08. The van der Waals surface area contributed by atoms with Crippen LogP contribution in [0.2, 0.25) is 5.02 Å². The standard InChI is InChI=1S/C14H18ClN3/c1-3-13(16)9-11-8-12(15)4-5-14(11)18-7-6-17-10(18)2/h4-8,13H,3,9,16H2,1-2H3. The first-order valence-corrected chi connectivity index (χ1v) is 6.54. The van der Waals surface area contributed by atoms with Crippen LogP contribution in [0.3, 0.4) is 0 Å². The summed E-state index contributed by atoms with van der Waals surface area (Å²) < 4.78 is 2.06. The van der Waals surface area contributed by atoms with E-state index in [0.29, 0.717) is 0 Å². The first kappa shape index (κ1) is 13.1. The molecule has 0 aliphatic heterocycles. The molecule has 2 aromatic rings. The van der Waals surface area contributed by atoms with Crippen LogP contribution in [0.25, 0.3) is 5.69 Å². The minimum atomic E-state index is 0.158. The van der Waals surface area contributed by atoms with Gasteiger partial charge in [0.15, 0.2) is 0 Å². The highest BCUT2D eigenvalue weighted by Crippen LogP contribution is 2.22. The van der Waals surface area contributed by atoms with Gasteiger partial charge in [-0.2, -0.15) is 0 Å². The first-order valence-electron chi connectivity index (χ1n) is 6.16. The lowest BCUT2D eigenvalue weighted by Gasteiger charge is -2.15. The van der Waals surface area contributed by atoms with Gasteiger partial charge in [-0.05, 0) is 43.5 Å². The maximum Gasteiger partial charge on any atom is 0.110 e. The molecule has 0 saturated heterocycles. The average molecular weight is 264 g/mol. The van der Waals surface area contributed by atoms with E-state index in [1.165, 1.54) is 0 Å². The number of halogens is 1. The van der Waals surface area contributed by atoms with Crippen LogP contribution in [0.4, 0.5) is 0 Å². The minimum Gasteiger partial charge on any atom is -0.327 e. The van der Waals surface area contributed by atoms with Crippen LogP contribution in [0.1, 0.15) is 24.7 Å². The number of aryl methyl sites for hydroxylation is 1. The molecule has 96 valence electrons. The molecule has 18 heavy (non-hydrogen) atoms. The number of nitrogens with two attached hydrogens (primary N) is 1. The fraction of sp³-hybridized carbons (Fsp3) is 0.357. The van der Waals surface area contributed by atoms with Crippen LogP contribution in [0.15, 0.2) is 30.6 Å². The van der Waals surface area contributed by atoms with Gasteiger partial charge in [-0.3, -0.25) is 0 Å². The molecule has 2 rings (SSSR count). The van der Waals surface area contributed by atoms with E-state index in [1.807, 2.05) is 31.3 Å². The van der Waals surface area contributed by atoms with Gasteiger partial charge in [0, 0.05) is 23.5 Å². The van der Waals surface area contributed by atoms with Crippen molar-refractivity contribution in [2.24, 2.45) is 5.73 Å². The number of hydrogen-bond donors (Lipinski definition) is 1. The molecule has 1 aromatic heterocycles. The van der Waals surface area contributed by atoms with Crippen LogP contribution >= 0.6 is 11.6 Å². The number of nitrogens with zero attached hydrogens (tertiary/aromatic N) is 2. The summed E-state index contributed by atoms with van der Waals surface area (Å²) in [5.41, 5.74) is 8.32. The van der Waals surface area contributed by atoms with Crippen LogP contribution in [-0.4, -0.2) is 15.6 Å². The summed E-state index contributed by atoms with van der Waals surface area (Å²) in [4.78, 5) is 4.25. The normalized spacial score (nSPS) is 12.7. The zero-order valence-corrected chi connectivity index (χ0v) is 11.5. The second-order valence-corrected chi connectivity index (χ2v) is 4.93. The van der Waals surface area contributed by atoms with Gasteiger partial charge in [0.1, 0.15) is 5.82 Å². The van der Waals surface area contributed by atoms with Crippen LogP contribution < -0.4 is 5.73 Å². The molecular formula is C14H18ClN3. The zero-order valence-electron chi connectivity index (χ0n) is 10.7. The summed E-state index contributed by atoms with van der Waals surface area (Å²) in [6.45, 7) is 4.08. The molecule has 0 amide bonds. The van der Waals surface area contributed by atoms with E-state index in [4.69, 9.17) is 17.3 Å². The van der Waals surface area contributed by atoms with Gasteiger partial charge >= 0.3 is 0 Å². The van der Waals surface area contributed by atoms with Gasteiger partial charge < -0.3 is 10.3 Å². The number of hydrogen-bond acceptors (Lipinski definition) is 2. The second kappa shape index (κ2) is 5.55. The molecule has 0 aliphatic rings. The first-order chi connectivity index (χ1) is 8.61. The fourth-order valence-electron chi connectivity index (χ4n) is 2.01. The second-order valence-electron chi connectivity index (χ2n) is 4.49. The number of benzene rings is 1. The Morgan fingerprint density at radius 1 is 1.44 bits per heavy atom. The van der Waals surface area contributed by atoms with E-state index in [9.17, 15) is 0 Å². The number of imidazole rings is 1. The Morgan fingerprint density at radius 3 is 2.83 bits per heavy atom. The monoisotopic (exact) mass is 263 g/mol. The molecule has 0 radical (unpaired) electrons. The van der Waals surface area contributed by atoms with Gasteiger partial charge in [-0.15, -0.1) is 0 Å². The third-order valence-corrected chi connectivity index (χ3v) is 3.37. The summed E-state index contributed by atoms with van der Waals surface area (Å²) in [7, 11) is 0. The van der Waals surface area contributed by atoms with E-state index in [1.54, 1.807) is 6.20 Å². The molecule has 4 heteroatoms. The molecule has 0 spiro atoms. The topological polar surface area (TPSA) is 43.8 Å². The van der Waals surface area contributed by atoms with Gasteiger partial charge in [0.05, 0.1) is 5.69 Å². The molecular weight excluding hydrogens is 246 g/mol. The van der Waals surface area contributed by atoms with Crippen molar-refractivity contribution >= 4 is 11.6 Å². The molecule has 1 atom stereocenters. The van der Waals surface area contributed by atoms with Gasteiger partial charge in [-0.25, -0.2) is 4.98 Å². The molecule has 1 unspecified atom stereocenters. The van der Waals surface area contributed by atoms with Crippen LogP contribution in [0.5, 0.6) is 0 Å². The van der Waals surface area contributed by atoms with E-state index in [2.05, 4.69) is 16.5 Å². The summed E-state index contributed by atoms with van der Waals surface area (Å²) in [6.07, 6.45) is 5.53.